The molecule has 0 saturated heterocycles. The Hall–Kier alpha value is 0.781. The van der Waals surface area contributed by atoms with Crippen LogP contribution in [0.3, 0.4) is 0 Å². The fourth-order valence-corrected chi connectivity index (χ4v) is 0. The van der Waals surface area contributed by atoms with Crippen molar-refractivity contribution >= 4 is 23.1 Å². The molecule has 0 atom stereocenters. The first-order valence-corrected chi connectivity index (χ1v) is 1.18. The van der Waals surface area contributed by atoms with Gasteiger partial charge in [-0.2, -0.15) is 0 Å². The van der Waals surface area contributed by atoms with E-state index in [-0.39, 0.29) is 44.7 Å². The van der Waals surface area contributed by atoms with E-state index in [2.05, 4.69) is 0 Å². The van der Waals surface area contributed by atoms with E-state index in [1.54, 1.807) is 0 Å². The quantitative estimate of drug-likeness (QED) is 0.466. The van der Waals surface area contributed by atoms with Crippen LogP contribution in [0.1, 0.15) is 2.85 Å². The normalized spacial score (nSPS) is 1.36. The number of hydrogen-bond donors (Lipinski definition) is 2. The van der Waals surface area contributed by atoms with Gasteiger partial charge in [-0.05, 0) is 0 Å². The van der Waals surface area contributed by atoms with Crippen molar-refractivity contribution in [3.05, 3.63) is 0 Å². The molecule has 74 valence electrons. The van der Waals surface area contributed by atoms with Crippen molar-refractivity contribution in [1.82, 2.24) is 0 Å². The summed E-state index contributed by atoms with van der Waals surface area (Å²) in [6.07, 6.45) is 0. The van der Waals surface area contributed by atoms with Gasteiger partial charge in [0.1, 0.15) is 0 Å². The Balaban J connectivity index is -0.00000000102. The minimum atomic E-state index is 0. The van der Waals surface area contributed by atoms with Crippen LogP contribution < -0.4 is 0 Å². The van der Waals surface area contributed by atoms with E-state index >= 15 is 0 Å². The van der Waals surface area contributed by atoms with Gasteiger partial charge in [-0.3, -0.25) is 18.8 Å². The summed E-state index contributed by atoms with van der Waals surface area (Å²) in [5, 5.41) is 11.0. The molecule has 0 bridgehead atoms. The SMILES string of the molecule is F.F.F.F.OF.OF.[H-].[H-].[Mg+2].[O]=[Ti]. The zero-order chi connectivity index (χ0) is 6.00. The molecule has 0 unspecified atom stereocenters. The molecule has 11 heavy (non-hydrogen) atoms. The topological polar surface area (TPSA) is 57.5 Å². The molecule has 0 aromatic carbocycles. The van der Waals surface area contributed by atoms with E-state index in [1.807, 2.05) is 0 Å². The molecule has 11 heteroatoms. The molecule has 0 spiro atoms. The van der Waals surface area contributed by atoms with Crippen LogP contribution in [0.2, 0.25) is 0 Å². The molecule has 0 rings (SSSR count). The predicted molar refractivity (Wildman–Crippen MR) is 25.3 cm³/mol. The Morgan fingerprint density at radius 2 is 0.818 bits per heavy atom. The molecule has 0 fully saturated rings. The Morgan fingerprint density at radius 1 is 0.818 bits per heavy atom. The van der Waals surface area contributed by atoms with Crippen LogP contribution in [0.15, 0.2) is 0 Å². The number of halogens is 6. The second-order valence-electron chi connectivity index (χ2n) is 0. The molecule has 0 heterocycles. The van der Waals surface area contributed by atoms with Crippen LogP contribution in [0.4, 0.5) is 27.9 Å². The van der Waals surface area contributed by atoms with E-state index in [9.17, 15) is 0 Å². The van der Waals surface area contributed by atoms with Gasteiger partial charge in [-0.1, -0.05) is 9.05 Å². The average molecular weight is 242 g/mol. The number of rotatable bonds is 0. The maximum absolute atomic E-state index is 8.50. The second-order valence-corrected chi connectivity index (χ2v) is 0. The third kappa shape index (κ3) is 1360. The van der Waals surface area contributed by atoms with Crippen molar-refractivity contribution in [2.24, 2.45) is 0 Å². The van der Waals surface area contributed by atoms with E-state index in [1.165, 1.54) is 0 Å². The zero-order valence-corrected chi connectivity index (χ0v) is 7.87. The summed E-state index contributed by atoms with van der Waals surface area (Å²) in [5.74, 6) is 0. The fraction of sp³-hybridized carbons (Fsp3) is 0. The van der Waals surface area contributed by atoms with Gasteiger partial charge in [0.15, 0.2) is 0 Å². The predicted octanol–water partition coefficient (Wildman–Crippen LogP) is 0.0593. The van der Waals surface area contributed by atoms with Crippen molar-refractivity contribution in [2.45, 2.75) is 0 Å². The average Bonchev–Trinajstić information content (AvgIpc) is 1.81. The molecule has 0 aliphatic carbocycles. The van der Waals surface area contributed by atoms with Crippen LogP contribution in [0, 0.1) is 0 Å². The summed E-state index contributed by atoms with van der Waals surface area (Å²) in [7, 11) is 0. The molecule has 3 nitrogen and oxygen atoms in total. The first kappa shape index (κ1) is 95.8. The van der Waals surface area contributed by atoms with Crippen molar-refractivity contribution in [3.63, 3.8) is 0 Å². The molecule has 2 N–H and O–H groups in total. The maximum atomic E-state index is 8.50. The minimum absolute atomic E-state index is 0. The second kappa shape index (κ2) is 1690. The van der Waals surface area contributed by atoms with Gasteiger partial charge in [0.25, 0.3) is 0 Å². The monoisotopic (exact) mass is 242 g/mol. The van der Waals surface area contributed by atoms with Crippen LogP contribution in [0.25, 0.3) is 0 Å². The first-order chi connectivity index (χ1) is 3.00. The molecule has 0 amide bonds. The molecular weight excluding hydrogens is 234 g/mol. The standard InChI is InChI=1S/2FHO.4FH.Mg.O.Ti.2H/c2*1-2;;;;;;;;;/h2*2H;4*1H;;;;;/q;;;;;;+2;;;2*-1. The third-order valence-corrected chi connectivity index (χ3v) is 0. The summed E-state index contributed by atoms with van der Waals surface area (Å²) in [4.78, 5) is 0. The van der Waals surface area contributed by atoms with Crippen LogP contribution >= 0.6 is 0 Å². The van der Waals surface area contributed by atoms with E-state index < -0.39 is 0 Å². The van der Waals surface area contributed by atoms with Crippen molar-refractivity contribution in [1.29, 1.82) is 0 Å². The van der Waals surface area contributed by atoms with E-state index in [0.717, 1.165) is 20.4 Å². The summed E-state index contributed by atoms with van der Waals surface area (Å²) in [5.41, 5.74) is 0. The number of hydrogen-bond acceptors (Lipinski definition) is 3. The van der Waals surface area contributed by atoms with E-state index in [4.69, 9.17) is 23.0 Å². The summed E-state index contributed by atoms with van der Waals surface area (Å²) < 4.78 is 25.2. The van der Waals surface area contributed by atoms with Gasteiger partial charge >= 0.3 is 46.8 Å². The summed E-state index contributed by atoms with van der Waals surface area (Å²) in [6.45, 7) is 0. The van der Waals surface area contributed by atoms with Crippen LogP contribution in [0.5, 0.6) is 0 Å². The van der Waals surface area contributed by atoms with Gasteiger partial charge in [-0.15, -0.1) is 0 Å². The van der Waals surface area contributed by atoms with Gasteiger partial charge < -0.3 is 2.85 Å². The fourth-order valence-electron chi connectivity index (χ4n) is 0. The molecule has 0 aromatic heterocycles. The Labute approximate surface area is 88.3 Å². The van der Waals surface area contributed by atoms with E-state index in [0.29, 0.717) is 0 Å². The van der Waals surface area contributed by atoms with Crippen LogP contribution in [-0.2, 0) is 23.7 Å². The Bertz CT molecular complexity index is 25.8. The molecule has 0 aliphatic heterocycles. The van der Waals surface area contributed by atoms with Gasteiger partial charge in [0, 0.05) is 0 Å². The van der Waals surface area contributed by atoms with Crippen LogP contribution in [-0.4, -0.2) is 33.7 Å². The van der Waals surface area contributed by atoms with Crippen molar-refractivity contribution < 1.29 is 65.1 Å². The summed E-state index contributed by atoms with van der Waals surface area (Å²) in [6, 6.07) is 0. The third-order valence-electron chi connectivity index (χ3n) is 0. The molecular formula is H8F6MgO3Ti. The first-order valence-electron chi connectivity index (χ1n) is 0.542. The Morgan fingerprint density at radius 3 is 0.818 bits per heavy atom. The van der Waals surface area contributed by atoms with Gasteiger partial charge in [0.05, 0.1) is 0 Å². The zero-order valence-electron chi connectivity index (χ0n) is 6.90. The van der Waals surface area contributed by atoms with Gasteiger partial charge in [0.2, 0.25) is 0 Å². The molecule has 0 aliphatic rings. The summed E-state index contributed by atoms with van der Waals surface area (Å²) >= 11 is 0.750. The van der Waals surface area contributed by atoms with Crippen molar-refractivity contribution in [2.75, 3.05) is 0 Å². The Kier molecular flexibility index (Phi) is 14700. The molecule has 0 saturated carbocycles. The van der Waals surface area contributed by atoms with Crippen molar-refractivity contribution in [3.8, 4) is 0 Å². The van der Waals surface area contributed by atoms with Gasteiger partial charge in [-0.25, -0.2) is 10.6 Å². The molecule has 0 aromatic rings. The molecule has 0 radical (unpaired) electrons.